The number of aliphatic hydroxyl groups is 1. The fourth-order valence-electron chi connectivity index (χ4n) is 11.6. The molecule has 0 saturated carbocycles. The Morgan fingerprint density at radius 3 is 0.653 bits per heavy atom. The van der Waals surface area contributed by atoms with Crippen molar-refractivity contribution in [2.45, 2.75) is 401 Å². The zero-order valence-corrected chi connectivity index (χ0v) is 64.1. The molecule has 0 amide bonds. The van der Waals surface area contributed by atoms with Gasteiger partial charge in [0.15, 0.2) is 12.2 Å². The van der Waals surface area contributed by atoms with Crippen LogP contribution in [0.5, 0.6) is 0 Å². The highest BCUT2D eigenvalue weighted by Crippen LogP contribution is 2.45. The van der Waals surface area contributed by atoms with Crippen molar-refractivity contribution in [1.29, 1.82) is 0 Å². The predicted molar refractivity (Wildman–Crippen MR) is 386 cm³/mol. The van der Waals surface area contributed by atoms with Crippen LogP contribution in [0.4, 0.5) is 0 Å². The first-order valence-corrected chi connectivity index (χ1v) is 42.2. The normalized spacial score (nSPS) is 14.1. The van der Waals surface area contributed by atoms with Crippen LogP contribution in [0.25, 0.3) is 0 Å². The highest BCUT2D eigenvalue weighted by molar-refractivity contribution is 7.47. The van der Waals surface area contributed by atoms with Crippen LogP contribution in [0, 0.1) is 23.7 Å². The molecule has 95 heavy (non-hydrogen) atoms. The number of rotatable bonds is 73. The van der Waals surface area contributed by atoms with Gasteiger partial charge in [-0.15, -0.1) is 0 Å². The summed E-state index contributed by atoms with van der Waals surface area (Å²) in [6.45, 7) is 14.2. The fourth-order valence-corrected chi connectivity index (χ4v) is 13.1. The van der Waals surface area contributed by atoms with Crippen LogP contribution >= 0.6 is 15.6 Å². The van der Waals surface area contributed by atoms with Crippen molar-refractivity contribution in [3.63, 3.8) is 0 Å². The van der Waals surface area contributed by atoms with Crippen LogP contribution in [-0.4, -0.2) is 96.7 Å². The lowest BCUT2D eigenvalue weighted by atomic mass is 10.0. The average molecular weight is 1400 g/mol. The van der Waals surface area contributed by atoms with Gasteiger partial charge in [0.2, 0.25) is 0 Å². The van der Waals surface area contributed by atoms with E-state index >= 15 is 0 Å². The number of phosphoric acid groups is 2. The van der Waals surface area contributed by atoms with Crippen LogP contribution < -0.4 is 0 Å². The Labute approximate surface area is 581 Å². The number of carbonyl (C=O) groups excluding carboxylic acids is 4. The molecule has 0 aliphatic heterocycles. The summed E-state index contributed by atoms with van der Waals surface area (Å²) in [5.41, 5.74) is 0. The van der Waals surface area contributed by atoms with Crippen LogP contribution in [0.3, 0.4) is 0 Å². The molecule has 0 aliphatic rings. The van der Waals surface area contributed by atoms with Gasteiger partial charge in [0.25, 0.3) is 0 Å². The molecule has 0 heterocycles. The summed E-state index contributed by atoms with van der Waals surface area (Å²) in [7, 11) is -9.91. The summed E-state index contributed by atoms with van der Waals surface area (Å²) in [5, 5.41) is 10.6. The molecule has 564 valence electrons. The Balaban J connectivity index is 5.26. The third kappa shape index (κ3) is 70.3. The number of carbonyl (C=O) groups is 4. The van der Waals surface area contributed by atoms with Crippen molar-refractivity contribution in [1.82, 2.24) is 0 Å². The molecular formula is C76H148O17P2. The second kappa shape index (κ2) is 65.4. The topological polar surface area (TPSA) is 237 Å². The van der Waals surface area contributed by atoms with E-state index in [4.69, 9.17) is 37.0 Å². The zero-order valence-electron chi connectivity index (χ0n) is 62.3. The second-order valence-corrected chi connectivity index (χ2v) is 32.2. The van der Waals surface area contributed by atoms with Gasteiger partial charge in [-0.1, -0.05) is 331 Å². The Bertz CT molecular complexity index is 1870. The Morgan fingerprint density at radius 1 is 0.263 bits per heavy atom. The molecule has 0 aromatic carbocycles. The van der Waals surface area contributed by atoms with Gasteiger partial charge < -0.3 is 33.8 Å². The predicted octanol–water partition coefficient (Wildman–Crippen LogP) is 22.0. The maximum atomic E-state index is 13.1. The number of hydrogen-bond donors (Lipinski definition) is 3. The first-order chi connectivity index (χ1) is 45.6. The first kappa shape index (κ1) is 93.1. The van der Waals surface area contributed by atoms with Crippen molar-refractivity contribution in [3.05, 3.63) is 0 Å². The van der Waals surface area contributed by atoms with E-state index in [0.717, 1.165) is 114 Å². The molecule has 19 heteroatoms. The summed E-state index contributed by atoms with van der Waals surface area (Å²) in [6.07, 6.45) is 49.9. The molecule has 0 saturated heterocycles. The molecule has 0 bridgehead atoms. The standard InChI is InChI=1S/C76H148O17P2/c1-66(2)52-44-36-28-20-14-11-9-10-12-16-24-34-42-50-58-75(80)92-71(62-86-73(78)56-48-40-32-23-17-13-15-21-29-37-45-53-67(3)4)64-90-94(82,83)88-60-70(77)61-89-95(84,85)91-65-72(63-87-74(79)57-49-41-33-27-26-31-39-47-55-69(7)8)93-76(81)59-51-43-35-25-19-18-22-30-38-46-54-68(5)6/h66-72,77H,9-65H2,1-8H3,(H,82,83)(H,84,85)/t70?,71-,72-/m1/s1. The molecule has 3 N–H and O–H groups in total. The van der Waals surface area contributed by atoms with Crippen molar-refractivity contribution in [3.8, 4) is 0 Å². The fraction of sp³-hybridized carbons (Fsp3) is 0.947. The van der Waals surface area contributed by atoms with E-state index < -0.39 is 97.5 Å². The third-order valence-corrected chi connectivity index (χ3v) is 19.5. The zero-order chi connectivity index (χ0) is 70.3. The van der Waals surface area contributed by atoms with Crippen LogP contribution in [0.1, 0.15) is 383 Å². The van der Waals surface area contributed by atoms with Crippen LogP contribution in [0.15, 0.2) is 0 Å². The van der Waals surface area contributed by atoms with Gasteiger partial charge in [-0.2, -0.15) is 0 Å². The van der Waals surface area contributed by atoms with Gasteiger partial charge in [-0.25, -0.2) is 9.13 Å². The molecule has 0 radical (unpaired) electrons. The Kier molecular flexibility index (Phi) is 64.0. The molecule has 0 aromatic rings. The van der Waals surface area contributed by atoms with Gasteiger partial charge in [-0.05, 0) is 49.4 Å². The van der Waals surface area contributed by atoms with Crippen LogP contribution in [0.2, 0.25) is 0 Å². The lowest BCUT2D eigenvalue weighted by Crippen LogP contribution is -2.30. The number of aliphatic hydroxyl groups excluding tert-OH is 1. The minimum atomic E-state index is -4.96. The van der Waals surface area contributed by atoms with E-state index in [2.05, 4.69) is 55.4 Å². The third-order valence-electron chi connectivity index (χ3n) is 17.6. The highest BCUT2D eigenvalue weighted by atomic mass is 31.2. The Hall–Kier alpha value is -1.94. The second-order valence-electron chi connectivity index (χ2n) is 29.3. The van der Waals surface area contributed by atoms with Gasteiger partial charge in [0.1, 0.15) is 19.3 Å². The minimum Gasteiger partial charge on any atom is -0.462 e. The highest BCUT2D eigenvalue weighted by Gasteiger charge is 2.30. The summed E-state index contributed by atoms with van der Waals surface area (Å²) in [4.78, 5) is 72.8. The summed E-state index contributed by atoms with van der Waals surface area (Å²) < 4.78 is 68.5. The molecule has 0 rings (SSSR count). The maximum absolute atomic E-state index is 13.1. The van der Waals surface area contributed by atoms with Gasteiger partial charge >= 0.3 is 39.5 Å². The van der Waals surface area contributed by atoms with Crippen LogP contribution in [-0.2, 0) is 65.4 Å². The Morgan fingerprint density at radius 2 is 0.442 bits per heavy atom. The summed E-state index contributed by atoms with van der Waals surface area (Å²) in [6, 6.07) is 0. The largest absolute Gasteiger partial charge is 0.472 e. The lowest BCUT2D eigenvalue weighted by molar-refractivity contribution is -0.161. The van der Waals surface area contributed by atoms with Crippen molar-refractivity contribution < 1.29 is 80.2 Å². The molecule has 5 atom stereocenters. The molecule has 0 spiro atoms. The van der Waals surface area contributed by atoms with Gasteiger partial charge in [-0.3, -0.25) is 37.3 Å². The molecule has 17 nitrogen and oxygen atoms in total. The van der Waals surface area contributed by atoms with E-state index in [1.165, 1.54) is 186 Å². The summed E-state index contributed by atoms with van der Waals surface area (Å²) >= 11 is 0. The molecular weight excluding hydrogens is 1250 g/mol. The first-order valence-electron chi connectivity index (χ1n) is 39.2. The molecule has 0 fully saturated rings. The number of hydrogen-bond acceptors (Lipinski definition) is 15. The van der Waals surface area contributed by atoms with Gasteiger partial charge in [0.05, 0.1) is 26.4 Å². The minimum absolute atomic E-state index is 0.105. The molecule has 0 aliphatic carbocycles. The smallest absolute Gasteiger partial charge is 0.462 e. The van der Waals surface area contributed by atoms with E-state index in [0.29, 0.717) is 25.7 Å². The summed E-state index contributed by atoms with van der Waals surface area (Å²) in [5.74, 6) is 0.924. The van der Waals surface area contributed by atoms with E-state index in [9.17, 15) is 43.2 Å². The van der Waals surface area contributed by atoms with Gasteiger partial charge in [0, 0.05) is 25.7 Å². The molecule has 3 unspecified atom stereocenters. The quantitative estimate of drug-likeness (QED) is 0.0222. The number of ether oxygens (including phenoxy) is 4. The lowest BCUT2D eigenvalue weighted by Gasteiger charge is -2.21. The van der Waals surface area contributed by atoms with Crippen molar-refractivity contribution in [2.24, 2.45) is 23.7 Å². The van der Waals surface area contributed by atoms with Crippen molar-refractivity contribution in [2.75, 3.05) is 39.6 Å². The number of phosphoric ester groups is 2. The molecule has 0 aromatic heterocycles. The SMILES string of the molecule is CC(C)CCCCCCCCCCCCCCCCC(=O)O[C@H](COC(=O)CCCCCCCCCCCCCC(C)C)COP(=O)(O)OCC(O)COP(=O)(O)OC[C@@H](COC(=O)CCCCCCCCCCC(C)C)OC(=O)CCCCCCCCCCCCC(C)C. The number of unbranched alkanes of at least 4 members (excludes halogenated alkanes) is 39. The van der Waals surface area contributed by atoms with Crippen molar-refractivity contribution >= 4 is 39.5 Å². The van der Waals surface area contributed by atoms with E-state index in [1.807, 2.05) is 0 Å². The van der Waals surface area contributed by atoms with E-state index in [-0.39, 0.29) is 25.7 Å². The average Bonchev–Trinajstić information content (AvgIpc) is 1.59. The number of esters is 4. The van der Waals surface area contributed by atoms with E-state index in [1.54, 1.807) is 0 Å². The maximum Gasteiger partial charge on any atom is 0.472 e. The monoisotopic (exact) mass is 1400 g/mol.